The second-order valence-corrected chi connectivity index (χ2v) is 4.08. The number of carbonyl (C=O) groups is 1. The largest absolute Gasteiger partial charge is 0.495 e. The zero-order valence-electron chi connectivity index (χ0n) is 10.1. The van der Waals surface area contributed by atoms with E-state index in [-0.39, 0.29) is 11.8 Å². The molecule has 1 aromatic carbocycles. The first kappa shape index (κ1) is 12.4. The van der Waals surface area contributed by atoms with E-state index in [1.807, 2.05) is 6.07 Å². The Labute approximate surface area is 105 Å². The second kappa shape index (κ2) is 5.52. The standard InChI is InChI=1S/C13H14N2O3/c1-17-12-6-9(7-14)2-3-11(12)15-13(16)10-4-5-18-8-10/h2-3,6,10H,4-5,8H2,1H3,(H,15,16). The number of anilines is 1. The van der Waals surface area contributed by atoms with Gasteiger partial charge in [-0.2, -0.15) is 5.26 Å². The predicted octanol–water partition coefficient (Wildman–Crippen LogP) is 1.54. The fraction of sp³-hybridized carbons (Fsp3) is 0.385. The first-order chi connectivity index (χ1) is 8.74. The topological polar surface area (TPSA) is 71.3 Å². The molecule has 1 N–H and O–H groups in total. The molecule has 1 fully saturated rings. The van der Waals surface area contributed by atoms with Crippen LogP contribution < -0.4 is 10.1 Å². The van der Waals surface area contributed by atoms with Gasteiger partial charge in [-0.05, 0) is 18.6 Å². The van der Waals surface area contributed by atoms with Crippen LogP contribution in [0.4, 0.5) is 5.69 Å². The number of carbonyl (C=O) groups excluding carboxylic acids is 1. The van der Waals surface area contributed by atoms with Gasteiger partial charge in [-0.3, -0.25) is 4.79 Å². The second-order valence-electron chi connectivity index (χ2n) is 4.08. The number of nitrogens with zero attached hydrogens (tertiary/aromatic N) is 1. The third-order valence-corrected chi connectivity index (χ3v) is 2.89. The van der Waals surface area contributed by atoms with Crippen LogP contribution in [-0.4, -0.2) is 26.2 Å². The number of nitriles is 1. The van der Waals surface area contributed by atoms with Crippen LogP contribution in [0.3, 0.4) is 0 Å². The molecule has 1 heterocycles. The van der Waals surface area contributed by atoms with Gasteiger partial charge in [0.05, 0.1) is 37.0 Å². The third-order valence-electron chi connectivity index (χ3n) is 2.89. The number of rotatable bonds is 3. The van der Waals surface area contributed by atoms with E-state index in [1.165, 1.54) is 7.11 Å². The van der Waals surface area contributed by atoms with E-state index in [0.717, 1.165) is 6.42 Å². The van der Waals surface area contributed by atoms with E-state index in [0.29, 0.717) is 30.2 Å². The van der Waals surface area contributed by atoms with E-state index in [9.17, 15) is 4.79 Å². The van der Waals surface area contributed by atoms with Crippen LogP contribution in [0.2, 0.25) is 0 Å². The Morgan fingerprint density at radius 3 is 3.06 bits per heavy atom. The van der Waals surface area contributed by atoms with Gasteiger partial charge in [-0.15, -0.1) is 0 Å². The van der Waals surface area contributed by atoms with Crippen LogP contribution in [0.15, 0.2) is 18.2 Å². The zero-order valence-corrected chi connectivity index (χ0v) is 10.1. The molecule has 1 aliphatic rings. The fourth-order valence-electron chi connectivity index (χ4n) is 1.84. The maximum atomic E-state index is 11.9. The van der Waals surface area contributed by atoms with Crippen molar-refractivity contribution in [1.82, 2.24) is 0 Å². The highest BCUT2D eigenvalue weighted by Gasteiger charge is 2.24. The fourth-order valence-corrected chi connectivity index (χ4v) is 1.84. The first-order valence-corrected chi connectivity index (χ1v) is 5.71. The summed E-state index contributed by atoms with van der Waals surface area (Å²) in [4.78, 5) is 11.9. The number of benzene rings is 1. The predicted molar refractivity (Wildman–Crippen MR) is 65.3 cm³/mol. The molecule has 0 radical (unpaired) electrons. The average Bonchev–Trinajstić information content (AvgIpc) is 2.93. The van der Waals surface area contributed by atoms with Crippen LogP contribution in [0.1, 0.15) is 12.0 Å². The molecule has 0 bridgehead atoms. The molecule has 0 spiro atoms. The van der Waals surface area contributed by atoms with Gasteiger partial charge in [-0.25, -0.2) is 0 Å². The van der Waals surface area contributed by atoms with Crippen molar-refractivity contribution in [1.29, 1.82) is 5.26 Å². The van der Waals surface area contributed by atoms with Crippen molar-refractivity contribution in [2.24, 2.45) is 5.92 Å². The molecule has 1 saturated heterocycles. The molecule has 2 rings (SSSR count). The summed E-state index contributed by atoms with van der Waals surface area (Å²) in [7, 11) is 1.50. The summed E-state index contributed by atoms with van der Waals surface area (Å²) in [5, 5.41) is 11.6. The van der Waals surface area contributed by atoms with Gasteiger partial charge in [0.2, 0.25) is 5.91 Å². The Kier molecular flexibility index (Phi) is 3.80. The molecular formula is C13H14N2O3. The number of ether oxygens (including phenoxy) is 2. The molecule has 1 unspecified atom stereocenters. The Bertz CT molecular complexity index is 487. The zero-order chi connectivity index (χ0) is 13.0. The Hall–Kier alpha value is -2.06. The lowest BCUT2D eigenvalue weighted by Crippen LogP contribution is -2.23. The van der Waals surface area contributed by atoms with Crippen molar-refractivity contribution < 1.29 is 14.3 Å². The van der Waals surface area contributed by atoms with Gasteiger partial charge >= 0.3 is 0 Å². The monoisotopic (exact) mass is 246 g/mol. The molecule has 5 heteroatoms. The first-order valence-electron chi connectivity index (χ1n) is 5.71. The summed E-state index contributed by atoms with van der Waals surface area (Å²) in [6.07, 6.45) is 0.741. The molecule has 1 atom stereocenters. The SMILES string of the molecule is COc1cc(C#N)ccc1NC(=O)C1CCOC1. The molecule has 18 heavy (non-hydrogen) atoms. The minimum Gasteiger partial charge on any atom is -0.495 e. The summed E-state index contributed by atoms with van der Waals surface area (Å²) in [6, 6.07) is 6.94. The van der Waals surface area contributed by atoms with Crippen molar-refractivity contribution >= 4 is 11.6 Å². The lowest BCUT2D eigenvalue weighted by Gasteiger charge is -2.12. The number of amides is 1. The molecular weight excluding hydrogens is 232 g/mol. The quantitative estimate of drug-likeness (QED) is 0.878. The highest BCUT2D eigenvalue weighted by atomic mass is 16.5. The van der Waals surface area contributed by atoms with Crippen molar-refractivity contribution in [3.63, 3.8) is 0 Å². The lowest BCUT2D eigenvalue weighted by atomic mass is 10.1. The van der Waals surface area contributed by atoms with Crippen molar-refractivity contribution in [3.05, 3.63) is 23.8 Å². The molecule has 1 aliphatic heterocycles. The molecule has 94 valence electrons. The number of nitrogens with one attached hydrogen (secondary N) is 1. The van der Waals surface area contributed by atoms with E-state index in [4.69, 9.17) is 14.7 Å². The smallest absolute Gasteiger partial charge is 0.230 e. The van der Waals surface area contributed by atoms with Crippen LogP contribution in [0.25, 0.3) is 0 Å². The van der Waals surface area contributed by atoms with Gasteiger partial charge in [0.25, 0.3) is 0 Å². The maximum Gasteiger partial charge on any atom is 0.230 e. The summed E-state index contributed by atoms with van der Waals surface area (Å²) in [5.41, 5.74) is 1.07. The van der Waals surface area contributed by atoms with Crippen LogP contribution >= 0.6 is 0 Å². The molecule has 0 saturated carbocycles. The molecule has 0 aromatic heterocycles. The maximum absolute atomic E-state index is 11.9. The van der Waals surface area contributed by atoms with Gasteiger partial charge in [0, 0.05) is 12.7 Å². The number of hydrogen-bond acceptors (Lipinski definition) is 4. The summed E-state index contributed by atoms with van der Waals surface area (Å²) >= 11 is 0. The minimum absolute atomic E-state index is 0.0736. The number of hydrogen-bond donors (Lipinski definition) is 1. The van der Waals surface area contributed by atoms with Crippen molar-refractivity contribution in [3.8, 4) is 11.8 Å². The van der Waals surface area contributed by atoms with E-state index in [2.05, 4.69) is 5.32 Å². The van der Waals surface area contributed by atoms with Gasteiger partial charge in [0.1, 0.15) is 5.75 Å². The average molecular weight is 246 g/mol. The van der Waals surface area contributed by atoms with Gasteiger partial charge < -0.3 is 14.8 Å². The summed E-state index contributed by atoms with van der Waals surface area (Å²) < 4.78 is 10.3. The van der Waals surface area contributed by atoms with Gasteiger partial charge in [-0.1, -0.05) is 0 Å². The normalized spacial score (nSPS) is 18.1. The van der Waals surface area contributed by atoms with Crippen molar-refractivity contribution in [2.75, 3.05) is 25.6 Å². The third kappa shape index (κ3) is 2.60. The Balaban J connectivity index is 2.13. The van der Waals surface area contributed by atoms with Crippen LogP contribution in [0.5, 0.6) is 5.75 Å². The number of methoxy groups -OCH3 is 1. The van der Waals surface area contributed by atoms with Crippen LogP contribution in [0, 0.1) is 17.2 Å². The van der Waals surface area contributed by atoms with E-state index in [1.54, 1.807) is 18.2 Å². The molecule has 0 aliphatic carbocycles. The summed E-state index contributed by atoms with van der Waals surface area (Å²) in [6.45, 7) is 1.09. The molecule has 5 nitrogen and oxygen atoms in total. The highest BCUT2D eigenvalue weighted by molar-refractivity contribution is 5.94. The lowest BCUT2D eigenvalue weighted by molar-refractivity contribution is -0.119. The van der Waals surface area contributed by atoms with Crippen LogP contribution in [-0.2, 0) is 9.53 Å². The highest BCUT2D eigenvalue weighted by Crippen LogP contribution is 2.26. The summed E-state index contributed by atoms with van der Waals surface area (Å²) in [5.74, 6) is 0.308. The molecule has 1 amide bonds. The Morgan fingerprint density at radius 1 is 1.61 bits per heavy atom. The van der Waals surface area contributed by atoms with Crippen molar-refractivity contribution in [2.45, 2.75) is 6.42 Å². The molecule has 1 aromatic rings. The van der Waals surface area contributed by atoms with E-state index >= 15 is 0 Å². The Morgan fingerprint density at radius 2 is 2.44 bits per heavy atom. The minimum atomic E-state index is -0.106. The van der Waals surface area contributed by atoms with E-state index < -0.39 is 0 Å². The van der Waals surface area contributed by atoms with Gasteiger partial charge in [0.15, 0.2) is 0 Å².